The van der Waals surface area contributed by atoms with Gasteiger partial charge in [-0.1, -0.05) is 23.2 Å². The normalized spacial score (nSPS) is 10.3. The van der Waals surface area contributed by atoms with E-state index in [9.17, 15) is 4.79 Å². The topological polar surface area (TPSA) is 59.6 Å². The first-order valence-electron chi connectivity index (χ1n) is 7.87. The summed E-state index contributed by atoms with van der Waals surface area (Å²) in [5.74, 6) is 0.323. The molecular formula is C18H18Cl2N2O3S. The minimum Gasteiger partial charge on any atom is -0.491 e. The van der Waals surface area contributed by atoms with Crippen molar-refractivity contribution in [3.8, 4) is 5.75 Å². The third-order valence-electron chi connectivity index (χ3n) is 3.22. The molecule has 5 nitrogen and oxygen atoms in total. The molecule has 8 heteroatoms. The van der Waals surface area contributed by atoms with Crippen LogP contribution in [0.25, 0.3) is 0 Å². The summed E-state index contributed by atoms with van der Waals surface area (Å²) >= 11 is 17.0. The van der Waals surface area contributed by atoms with Crippen LogP contribution in [0.3, 0.4) is 0 Å². The molecule has 0 unspecified atom stereocenters. The average Bonchev–Trinajstić information content (AvgIpc) is 2.61. The molecule has 0 aliphatic heterocycles. The highest BCUT2D eigenvalue weighted by Crippen LogP contribution is 2.25. The fourth-order valence-electron chi connectivity index (χ4n) is 1.99. The lowest BCUT2D eigenvalue weighted by Gasteiger charge is -2.11. The van der Waals surface area contributed by atoms with Crippen LogP contribution in [-0.4, -0.2) is 30.8 Å². The molecule has 2 rings (SSSR count). The zero-order valence-corrected chi connectivity index (χ0v) is 16.4. The summed E-state index contributed by atoms with van der Waals surface area (Å²) in [7, 11) is 0. The molecule has 0 heterocycles. The molecule has 0 aliphatic rings. The second-order valence-electron chi connectivity index (χ2n) is 5.10. The fourth-order valence-corrected chi connectivity index (χ4v) is 2.64. The number of hydrogen-bond acceptors (Lipinski definition) is 4. The molecule has 0 bridgehead atoms. The third kappa shape index (κ3) is 6.46. The number of anilines is 1. The van der Waals surface area contributed by atoms with E-state index in [0.29, 0.717) is 46.9 Å². The number of amides is 1. The zero-order chi connectivity index (χ0) is 18.9. The Hall–Kier alpha value is -1.86. The highest BCUT2D eigenvalue weighted by molar-refractivity contribution is 7.80. The van der Waals surface area contributed by atoms with Crippen molar-refractivity contribution >= 4 is 52.1 Å². The molecule has 0 saturated heterocycles. The molecule has 0 aromatic heterocycles. The Morgan fingerprint density at radius 3 is 2.50 bits per heavy atom. The zero-order valence-electron chi connectivity index (χ0n) is 14.1. The van der Waals surface area contributed by atoms with Crippen molar-refractivity contribution in [3.63, 3.8) is 0 Å². The quantitative estimate of drug-likeness (QED) is 0.516. The SMILES string of the molecule is CCOCCOc1ccc(C(=O)NC(=S)Nc2ccc(Cl)cc2Cl)cc1. The number of thiocarbonyl (C=S) groups is 1. The summed E-state index contributed by atoms with van der Waals surface area (Å²) < 4.78 is 10.7. The van der Waals surface area contributed by atoms with Gasteiger partial charge >= 0.3 is 0 Å². The maximum absolute atomic E-state index is 12.2. The van der Waals surface area contributed by atoms with Crippen molar-refractivity contribution in [2.75, 3.05) is 25.1 Å². The maximum atomic E-state index is 12.2. The molecule has 1 amide bonds. The molecule has 0 atom stereocenters. The lowest BCUT2D eigenvalue weighted by atomic mass is 10.2. The van der Waals surface area contributed by atoms with Gasteiger partial charge in [-0.25, -0.2) is 0 Å². The summed E-state index contributed by atoms with van der Waals surface area (Å²) in [5.41, 5.74) is 1.01. The van der Waals surface area contributed by atoms with Gasteiger partial charge in [-0.3, -0.25) is 10.1 Å². The van der Waals surface area contributed by atoms with E-state index in [1.54, 1.807) is 42.5 Å². The molecule has 26 heavy (non-hydrogen) atoms. The summed E-state index contributed by atoms with van der Waals surface area (Å²) in [5, 5.41) is 6.51. The van der Waals surface area contributed by atoms with Gasteiger partial charge in [0.15, 0.2) is 5.11 Å². The second-order valence-corrected chi connectivity index (χ2v) is 6.35. The molecule has 2 N–H and O–H groups in total. The van der Waals surface area contributed by atoms with Crippen molar-refractivity contribution in [3.05, 3.63) is 58.1 Å². The summed E-state index contributed by atoms with van der Waals surface area (Å²) in [6, 6.07) is 11.7. The molecular weight excluding hydrogens is 395 g/mol. The second kappa shape index (κ2) is 10.3. The first kappa shape index (κ1) is 20.5. The number of carbonyl (C=O) groups excluding carboxylic acids is 1. The first-order valence-corrected chi connectivity index (χ1v) is 9.04. The van der Waals surface area contributed by atoms with Crippen LogP contribution in [0.5, 0.6) is 5.75 Å². The third-order valence-corrected chi connectivity index (χ3v) is 3.98. The Morgan fingerprint density at radius 1 is 1.12 bits per heavy atom. The lowest BCUT2D eigenvalue weighted by Crippen LogP contribution is -2.34. The van der Waals surface area contributed by atoms with Crippen molar-refractivity contribution in [1.29, 1.82) is 0 Å². The van der Waals surface area contributed by atoms with Gasteiger partial charge in [-0.15, -0.1) is 0 Å². The van der Waals surface area contributed by atoms with Crippen molar-refractivity contribution in [2.24, 2.45) is 0 Å². The molecule has 0 saturated carbocycles. The van der Waals surface area contributed by atoms with Crippen molar-refractivity contribution in [2.45, 2.75) is 6.92 Å². The lowest BCUT2D eigenvalue weighted by molar-refractivity contribution is 0.0977. The van der Waals surface area contributed by atoms with Crippen LogP contribution in [0.4, 0.5) is 5.69 Å². The van der Waals surface area contributed by atoms with Crippen LogP contribution in [0.1, 0.15) is 17.3 Å². The number of carbonyl (C=O) groups is 1. The largest absolute Gasteiger partial charge is 0.491 e. The monoisotopic (exact) mass is 412 g/mol. The number of rotatable bonds is 7. The van der Waals surface area contributed by atoms with Gasteiger partial charge in [0.25, 0.3) is 5.91 Å². The van der Waals surface area contributed by atoms with Gasteiger partial charge in [-0.2, -0.15) is 0 Å². The highest BCUT2D eigenvalue weighted by atomic mass is 35.5. The van der Waals surface area contributed by atoms with Crippen LogP contribution >= 0.6 is 35.4 Å². The molecule has 0 spiro atoms. The Morgan fingerprint density at radius 2 is 1.85 bits per heavy atom. The fraction of sp³-hybridized carbons (Fsp3) is 0.222. The minimum atomic E-state index is -0.339. The summed E-state index contributed by atoms with van der Waals surface area (Å²) in [4.78, 5) is 12.2. The Labute approximate surface area is 167 Å². The minimum absolute atomic E-state index is 0.135. The average molecular weight is 413 g/mol. The van der Waals surface area contributed by atoms with E-state index in [2.05, 4.69) is 10.6 Å². The van der Waals surface area contributed by atoms with Gasteiger partial charge in [-0.05, 0) is 61.6 Å². The molecule has 2 aromatic rings. The number of halogens is 2. The molecule has 2 aromatic carbocycles. The van der Waals surface area contributed by atoms with Crippen molar-refractivity contribution in [1.82, 2.24) is 5.32 Å². The first-order chi connectivity index (χ1) is 12.5. The Kier molecular flexibility index (Phi) is 8.12. The molecule has 0 aliphatic carbocycles. The van der Waals surface area contributed by atoms with Gasteiger partial charge in [0, 0.05) is 17.2 Å². The predicted molar refractivity (Wildman–Crippen MR) is 109 cm³/mol. The van der Waals surface area contributed by atoms with Crippen LogP contribution in [0.15, 0.2) is 42.5 Å². The molecule has 138 valence electrons. The van der Waals surface area contributed by atoms with E-state index < -0.39 is 0 Å². The molecule has 0 fully saturated rings. The van der Waals surface area contributed by atoms with E-state index in [1.807, 2.05) is 6.92 Å². The summed E-state index contributed by atoms with van der Waals surface area (Å²) in [6.45, 7) is 3.55. The standard InChI is InChI=1S/C18H18Cl2N2O3S/c1-2-24-9-10-25-14-6-3-12(4-7-14)17(23)22-18(26)21-16-8-5-13(19)11-15(16)20/h3-8,11H,2,9-10H2,1H3,(H2,21,22,23,26). The van der Waals surface area contributed by atoms with E-state index >= 15 is 0 Å². The summed E-state index contributed by atoms with van der Waals surface area (Å²) in [6.07, 6.45) is 0. The maximum Gasteiger partial charge on any atom is 0.257 e. The van der Waals surface area contributed by atoms with Gasteiger partial charge in [0.2, 0.25) is 0 Å². The van der Waals surface area contributed by atoms with Crippen LogP contribution in [0, 0.1) is 0 Å². The molecule has 0 radical (unpaired) electrons. The van der Waals surface area contributed by atoms with E-state index in [4.69, 9.17) is 44.9 Å². The number of ether oxygens (including phenoxy) is 2. The van der Waals surface area contributed by atoms with Crippen LogP contribution in [0.2, 0.25) is 10.0 Å². The number of nitrogens with one attached hydrogen (secondary N) is 2. The number of hydrogen-bond donors (Lipinski definition) is 2. The predicted octanol–water partition coefficient (Wildman–Crippen LogP) is 4.54. The van der Waals surface area contributed by atoms with E-state index in [1.165, 1.54) is 0 Å². The Balaban J connectivity index is 1.87. The van der Waals surface area contributed by atoms with Gasteiger partial charge in [0.1, 0.15) is 12.4 Å². The van der Waals surface area contributed by atoms with Crippen LogP contribution < -0.4 is 15.4 Å². The highest BCUT2D eigenvalue weighted by Gasteiger charge is 2.10. The van der Waals surface area contributed by atoms with E-state index in [-0.39, 0.29) is 11.0 Å². The Bertz CT molecular complexity index is 770. The van der Waals surface area contributed by atoms with Crippen LogP contribution in [-0.2, 0) is 4.74 Å². The number of benzene rings is 2. The van der Waals surface area contributed by atoms with Gasteiger partial charge < -0.3 is 14.8 Å². The van der Waals surface area contributed by atoms with Crippen molar-refractivity contribution < 1.29 is 14.3 Å². The smallest absolute Gasteiger partial charge is 0.257 e. The van der Waals surface area contributed by atoms with Gasteiger partial charge in [0.05, 0.1) is 17.3 Å². The van der Waals surface area contributed by atoms with E-state index in [0.717, 1.165) is 0 Å².